The number of hydrogen-bond donors (Lipinski definition) is 7. The predicted molar refractivity (Wildman–Crippen MR) is 227 cm³/mol. The monoisotopic (exact) mass is 836 g/mol. The van der Waals surface area contributed by atoms with Gasteiger partial charge in [-0.15, -0.1) is 11.6 Å². The Morgan fingerprint density at radius 1 is 0.793 bits per heavy atom. The number of nitrogens with zero attached hydrogens (tertiary/aromatic N) is 1. The van der Waals surface area contributed by atoms with Crippen molar-refractivity contribution in [3.63, 3.8) is 0 Å². The van der Waals surface area contributed by atoms with Crippen molar-refractivity contribution >= 4 is 113 Å². The highest BCUT2D eigenvalue weighted by molar-refractivity contribution is 7.85. The first-order chi connectivity index (χ1) is 27.9. The van der Waals surface area contributed by atoms with Gasteiger partial charge in [0.15, 0.2) is 0 Å². The molecule has 6 N–H and O–H groups in total. The molecule has 2 aromatic heterocycles. The lowest BCUT2D eigenvalue weighted by atomic mass is 9.95. The molecule has 1 aliphatic heterocycles. The highest BCUT2D eigenvalue weighted by atomic mass is 35.5. The number of carbonyl (C=O) groups excluding carboxylic acids is 4. The van der Waals surface area contributed by atoms with Crippen molar-refractivity contribution in [2.75, 3.05) is 39.0 Å². The Bertz CT molecular complexity index is 2930. The molecule has 58 heavy (non-hydrogen) atoms. The SMILES string of the molecule is O=C(CCS)Nc1ccc2[nH]c(C(=O)Nc3ccc4[nH]c(C(=O)N5C[C@@H](CCl)c6c5cc(OC(=O)Nc5cccc(S(=O)(=O)O)c5)c5ccccc65)cc4c3)cc2c1. The number of ether oxygens (including phenoxy) is 1. The highest BCUT2D eigenvalue weighted by Crippen LogP contribution is 2.46. The van der Waals surface area contributed by atoms with Crippen molar-refractivity contribution in [2.45, 2.75) is 17.2 Å². The number of alkyl halides is 1. The van der Waals surface area contributed by atoms with Crippen LogP contribution in [0.25, 0.3) is 32.6 Å². The molecule has 0 unspecified atom stereocenters. The van der Waals surface area contributed by atoms with Crippen LogP contribution in [0.4, 0.5) is 27.5 Å². The molecule has 5 aromatic carbocycles. The van der Waals surface area contributed by atoms with Gasteiger partial charge in [0.2, 0.25) is 5.91 Å². The minimum Gasteiger partial charge on any atom is -0.409 e. The zero-order chi connectivity index (χ0) is 40.7. The summed E-state index contributed by atoms with van der Waals surface area (Å²) in [5.74, 6) is -0.339. The van der Waals surface area contributed by atoms with Gasteiger partial charge in [-0.3, -0.25) is 24.3 Å². The molecule has 0 spiro atoms. The smallest absolute Gasteiger partial charge is 0.409 e. The number of amides is 4. The van der Waals surface area contributed by atoms with Gasteiger partial charge in [0.25, 0.3) is 21.9 Å². The maximum atomic E-state index is 14.3. The number of halogens is 1. The van der Waals surface area contributed by atoms with Crippen molar-refractivity contribution in [2.24, 2.45) is 0 Å². The Kier molecular flexibility index (Phi) is 10.3. The number of rotatable bonds is 10. The van der Waals surface area contributed by atoms with Gasteiger partial charge in [-0.25, -0.2) is 4.79 Å². The minimum atomic E-state index is -4.51. The van der Waals surface area contributed by atoms with Crippen LogP contribution in [-0.4, -0.2) is 64.9 Å². The summed E-state index contributed by atoms with van der Waals surface area (Å²) in [5, 5.41) is 11.0. The topological polar surface area (TPSA) is 203 Å². The van der Waals surface area contributed by atoms with Gasteiger partial charge in [0.05, 0.1) is 10.6 Å². The second-order valence-corrected chi connectivity index (χ2v) is 15.8. The lowest BCUT2D eigenvalue weighted by molar-refractivity contribution is -0.115. The fourth-order valence-corrected chi connectivity index (χ4v) is 8.10. The average molecular weight is 837 g/mol. The standard InChI is InChI=1S/C41H33ClN6O8S2/c42-20-24-21-48(35-19-36(29-6-1-2-7-30(29)38(24)35)56-41(52)45-25-4-3-5-28(18-25)58(53,54)55)40(51)34-17-23-15-27(9-11-32(23)47-34)44-39(50)33-16-22-14-26(8-10-31(22)46-33)43-37(49)12-13-57/h1-11,14-19,24,46-47,57H,12-13,20-21H2,(H,43,49)(H,44,50)(H,45,52)(H,53,54,55)/t24-/m1/s1. The number of carbonyl (C=O) groups is 4. The maximum absolute atomic E-state index is 14.3. The van der Waals surface area contributed by atoms with Crippen molar-refractivity contribution in [3.8, 4) is 5.75 Å². The molecular formula is C41H33ClN6O8S2. The largest absolute Gasteiger partial charge is 0.417 e. The van der Waals surface area contributed by atoms with E-state index in [9.17, 15) is 32.1 Å². The van der Waals surface area contributed by atoms with Gasteiger partial charge in [0, 0.05) is 75.1 Å². The molecule has 0 saturated heterocycles. The van der Waals surface area contributed by atoms with Crippen LogP contribution in [0.2, 0.25) is 0 Å². The fourth-order valence-electron chi connectivity index (χ4n) is 7.12. The van der Waals surface area contributed by atoms with Crippen LogP contribution < -0.4 is 25.6 Å². The third-order valence-corrected chi connectivity index (χ3v) is 11.2. The zero-order valence-electron chi connectivity index (χ0n) is 30.2. The summed E-state index contributed by atoms with van der Waals surface area (Å²) < 4.78 is 38.4. The summed E-state index contributed by atoms with van der Waals surface area (Å²) in [6, 6.07) is 27.9. The van der Waals surface area contributed by atoms with E-state index in [1.807, 2.05) is 12.1 Å². The second-order valence-electron chi connectivity index (χ2n) is 13.6. The van der Waals surface area contributed by atoms with Crippen molar-refractivity contribution in [1.82, 2.24) is 9.97 Å². The third-order valence-electron chi connectivity index (χ3n) is 9.74. The highest BCUT2D eigenvalue weighted by Gasteiger charge is 2.36. The summed E-state index contributed by atoms with van der Waals surface area (Å²) in [6.07, 6.45) is -0.644. The first kappa shape index (κ1) is 38.5. The third kappa shape index (κ3) is 7.69. The molecule has 294 valence electrons. The number of aromatic amines is 2. The van der Waals surface area contributed by atoms with E-state index < -0.39 is 21.1 Å². The quantitative estimate of drug-likeness (QED) is 0.0406. The number of anilines is 4. The van der Waals surface area contributed by atoms with Crippen molar-refractivity contribution in [3.05, 3.63) is 120 Å². The first-order valence-corrected chi connectivity index (χ1v) is 20.5. The van der Waals surface area contributed by atoms with Crippen LogP contribution in [0.15, 0.2) is 108 Å². The molecule has 7 aromatic rings. The Labute approximate surface area is 341 Å². The van der Waals surface area contributed by atoms with Crippen LogP contribution in [0.3, 0.4) is 0 Å². The van der Waals surface area contributed by atoms with Gasteiger partial charge in [-0.05, 0) is 83.4 Å². The van der Waals surface area contributed by atoms with Crippen LogP contribution in [0.5, 0.6) is 5.75 Å². The van der Waals surface area contributed by atoms with Crippen molar-refractivity contribution < 1.29 is 36.9 Å². The van der Waals surface area contributed by atoms with E-state index in [1.54, 1.807) is 71.6 Å². The van der Waals surface area contributed by atoms with E-state index in [2.05, 4.69) is 38.5 Å². The normalized spacial score (nSPS) is 13.8. The molecule has 1 aliphatic rings. The molecule has 0 aliphatic carbocycles. The number of H-pyrrole nitrogens is 2. The Hall–Kier alpha value is -6.33. The average Bonchev–Trinajstić information content (AvgIpc) is 3.92. The van der Waals surface area contributed by atoms with E-state index in [-0.39, 0.29) is 59.6 Å². The second kappa shape index (κ2) is 15.5. The van der Waals surface area contributed by atoms with Gasteiger partial charge >= 0.3 is 6.09 Å². The fraction of sp³-hybridized carbons (Fsp3) is 0.122. The molecule has 0 saturated carbocycles. The van der Waals surface area contributed by atoms with E-state index in [0.717, 1.165) is 27.9 Å². The van der Waals surface area contributed by atoms with E-state index in [1.165, 1.54) is 18.2 Å². The number of aromatic nitrogens is 2. The maximum Gasteiger partial charge on any atom is 0.417 e. The van der Waals surface area contributed by atoms with Crippen LogP contribution in [0.1, 0.15) is 38.9 Å². The van der Waals surface area contributed by atoms with Gasteiger partial charge in [-0.2, -0.15) is 21.0 Å². The number of fused-ring (bicyclic) bond motifs is 5. The van der Waals surface area contributed by atoms with Crippen LogP contribution in [0, 0.1) is 0 Å². The molecule has 1 atom stereocenters. The number of nitrogens with one attached hydrogen (secondary N) is 5. The molecule has 4 amide bonds. The molecule has 8 rings (SSSR count). The number of hydrogen-bond acceptors (Lipinski definition) is 8. The van der Waals surface area contributed by atoms with Gasteiger partial charge < -0.3 is 30.2 Å². The summed E-state index contributed by atoms with van der Waals surface area (Å²) in [6.45, 7) is 0.254. The summed E-state index contributed by atoms with van der Waals surface area (Å²) >= 11 is 10.6. The molecule has 0 fully saturated rings. The molecule has 17 heteroatoms. The van der Waals surface area contributed by atoms with Crippen molar-refractivity contribution in [1.29, 1.82) is 0 Å². The lowest BCUT2D eigenvalue weighted by Gasteiger charge is -2.19. The Morgan fingerprint density at radius 3 is 2.14 bits per heavy atom. The Morgan fingerprint density at radius 2 is 1.45 bits per heavy atom. The number of thiol groups is 1. The van der Waals surface area contributed by atoms with E-state index in [0.29, 0.717) is 44.8 Å². The number of benzene rings is 5. The minimum absolute atomic E-state index is 0.0751. The van der Waals surface area contributed by atoms with Gasteiger partial charge in [0.1, 0.15) is 17.1 Å². The molecule has 0 bridgehead atoms. The van der Waals surface area contributed by atoms with Gasteiger partial charge in [-0.1, -0.05) is 30.3 Å². The molecular weight excluding hydrogens is 804 g/mol. The Balaban J connectivity index is 1.03. The predicted octanol–water partition coefficient (Wildman–Crippen LogP) is 8.15. The van der Waals surface area contributed by atoms with E-state index >= 15 is 0 Å². The summed E-state index contributed by atoms with van der Waals surface area (Å²) in [5.41, 5.74) is 4.48. The zero-order valence-corrected chi connectivity index (χ0v) is 32.7. The van der Waals surface area contributed by atoms with E-state index in [4.69, 9.17) is 16.3 Å². The summed E-state index contributed by atoms with van der Waals surface area (Å²) in [7, 11) is -4.51. The van der Waals surface area contributed by atoms with Crippen LogP contribution >= 0.6 is 24.2 Å². The van der Waals surface area contributed by atoms with Crippen LogP contribution in [-0.2, 0) is 14.9 Å². The first-order valence-electron chi connectivity index (χ1n) is 17.9. The lowest BCUT2D eigenvalue weighted by Crippen LogP contribution is -2.30. The summed E-state index contributed by atoms with van der Waals surface area (Å²) in [4.78, 5) is 60.2. The molecule has 0 radical (unpaired) electrons. The molecule has 3 heterocycles. The molecule has 14 nitrogen and oxygen atoms in total.